The number of aromatic nitrogens is 1. The molecule has 1 aromatic heterocycles. The fraction of sp³-hybridized carbons (Fsp3) is 0.318. The fourth-order valence-corrected chi connectivity index (χ4v) is 6.03. The monoisotopic (exact) mass is 493 g/mol. The Hall–Kier alpha value is -2.33. The lowest BCUT2D eigenvalue weighted by Gasteiger charge is -2.33. The first-order valence-electron chi connectivity index (χ1n) is 10.1. The van der Waals surface area contributed by atoms with Crippen molar-refractivity contribution < 1.29 is 17.9 Å². The predicted octanol–water partition coefficient (Wildman–Crippen LogP) is 3.92. The lowest BCUT2D eigenvalue weighted by atomic mass is 10.1. The molecule has 1 aliphatic rings. The third kappa shape index (κ3) is 4.85. The van der Waals surface area contributed by atoms with Crippen LogP contribution in [0.25, 0.3) is 0 Å². The van der Waals surface area contributed by atoms with Gasteiger partial charge in [-0.25, -0.2) is 13.4 Å². The normalized spacial score (nSPS) is 15.0. The maximum atomic E-state index is 12.9. The molecule has 3 aromatic rings. The molecule has 170 valence electrons. The van der Waals surface area contributed by atoms with Gasteiger partial charge in [0, 0.05) is 43.0 Å². The zero-order valence-electron chi connectivity index (χ0n) is 17.8. The van der Waals surface area contributed by atoms with E-state index in [1.165, 1.54) is 4.31 Å². The minimum atomic E-state index is -3.52. The van der Waals surface area contributed by atoms with Crippen molar-refractivity contribution in [2.45, 2.75) is 11.3 Å². The lowest BCUT2D eigenvalue weighted by Crippen LogP contribution is -2.48. The Morgan fingerprint density at radius 3 is 2.34 bits per heavy atom. The molecule has 1 aliphatic heterocycles. The summed E-state index contributed by atoms with van der Waals surface area (Å²) in [5, 5.41) is 3.47. The van der Waals surface area contributed by atoms with Crippen molar-refractivity contribution in [3.8, 4) is 11.5 Å². The van der Waals surface area contributed by atoms with Crippen LogP contribution >= 0.6 is 22.9 Å². The molecule has 0 saturated carbocycles. The molecule has 0 atom stereocenters. The molecule has 2 aromatic carbocycles. The van der Waals surface area contributed by atoms with E-state index in [0.29, 0.717) is 49.1 Å². The molecule has 32 heavy (non-hydrogen) atoms. The number of hydrogen-bond acceptors (Lipinski definition) is 7. The third-order valence-electron chi connectivity index (χ3n) is 5.33. The molecule has 0 amide bonds. The Bertz CT molecular complexity index is 1170. The van der Waals surface area contributed by atoms with Crippen LogP contribution in [-0.2, 0) is 16.4 Å². The smallest absolute Gasteiger partial charge is 0.243 e. The van der Waals surface area contributed by atoms with E-state index < -0.39 is 10.0 Å². The van der Waals surface area contributed by atoms with Crippen molar-refractivity contribution >= 4 is 38.1 Å². The van der Waals surface area contributed by atoms with E-state index in [1.807, 2.05) is 23.6 Å². The summed E-state index contributed by atoms with van der Waals surface area (Å²) in [4.78, 5) is 7.17. The van der Waals surface area contributed by atoms with Crippen LogP contribution in [0.15, 0.2) is 52.7 Å². The van der Waals surface area contributed by atoms with E-state index in [9.17, 15) is 8.42 Å². The van der Waals surface area contributed by atoms with Crippen molar-refractivity contribution in [2.24, 2.45) is 0 Å². The molecule has 0 bridgehead atoms. The fourth-order valence-electron chi connectivity index (χ4n) is 3.60. The van der Waals surface area contributed by atoms with E-state index in [1.54, 1.807) is 49.8 Å². The second kappa shape index (κ2) is 9.66. The van der Waals surface area contributed by atoms with Crippen molar-refractivity contribution in [1.29, 1.82) is 0 Å². The quantitative estimate of drug-likeness (QED) is 0.497. The largest absolute Gasteiger partial charge is 0.493 e. The van der Waals surface area contributed by atoms with Gasteiger partial charge in [0.2, 0.25) is 10.0 Å². The van der Waals surface area contributed by atoms with Crippen molar-refractivity contribution in [3.63, 3.8) is 0 Å². The average Bonchev–Trinajstić information content (AvgIpc) is 3.28. The zero-order chi connectivity index (χ0) is 22.7. The number of halogens is 1. The lowest BCUT2D eigenvalue weighted by molar-refractivity contribution is 0.354. The number of benzene rings is 2. The molecular weight excluding hydrogens is 470 g/mol. The highest BCUT2D eigenvalue weighted by molar-refractivity contribution is 7.89. The number of anilines is 1. The molecule has 0 radical (unpaired) electrons. The number of rotatable bonds is 7. The van der Waals surface area contributed by atoms with Crippen LogP contribution in [0, 0.1) is 0 Å². The van der Waals surface area contributed by atoms with Crippen LogP contribution < -0.4 is 14.4 Å². The van der Waals surface area contributed by atoms with Crippen LogP contribution in [0.3, 0.4) is 0 Å². The molecule has 0 aliphatic carbocycles. The zero-order valence-corrected chi connectivity index (χ0v) is 20.2. The first-order valence-corrected chi connectivity index (χ1v) is 12.8. The van der Waals surface area contributed by atoms with Crippen molar-refractivity contribution in [1.82, 2.24) is 9.29 Å². The maximum absolute atomic E-state index is 12.9. The van der Waals surface area contributed by atoms with E-state index in [4.69, 9.17) is 26.1 Å². The highest BCUT2D eigenvalue weighted by Crippen LogP contribution is 2.30. The van der Waals surface area contributed by atoms with Crippen LogP contribution in [0.4, 0.5) is 5.13 Å². The van der Waals surface area contributed by atoms with Gasteiger partial charge in [0.15, 0.2) is 16.6 Å². The molecule has 0 N–H and O–H groups in total. The Labute approximate surface area is 197 Å². The molecule has 1 fully saturated rings. The molecular formula is C22H24ClN3O4S2. The van der Waals surface area contributed by atoms with Gasteiger partial charge in [-0.2, -0.15) is 4.31 Å². The predicted molar refractivity (Wildman–Crippen MR) is 127 cm³/mol. The van der Waals surface area contributed by atoms with E-state index >= 15 is 0 Å². The Morgan fingerprint density at radius 1 is 1.00 bits per heavy atom. The SMILES string of the molecule is COc1ccc(Cc2csc(N3CCN(S(=O)(=O)c4ccc(Cl)cc4)CC3)n2)cc1OC. The average molecular weight is 494 g/mol. The highest BCUT2D eigenvalue weighted by Gasteiger charge is 2.29. The summed E-state index contributed by atoms with van der Waals surface area (Å²) in [6.07, 6.45) is 0.682. The van der Waals surface area contributed by atoms with Crippen molar-refractivity contribution in [2.75, 3.05) is 45.3 Å². The molecule has 7 nitrogen and oxygen atoms in total. The number of ether oxygens (including phenoxy) is 2. The molecule has 0 spiro atoms. The van der Waals surface area contributed by atoms with E-state index in [0.717, 1.165) is 16.4 Å². The molecule has 2 heterocycles. The summed E-state index contributed by atoms with van der Waals surface area (Å²) in [5.41, 5.74) is 2.05. The van der Waals surface area contributed by atoms with E-state index in [-0.39, 0.29) is 4.90 Å². The minimum absolute atomic E-state index is 0.266. The summed E-state index contributed by atoms with van der Waals surface area (Å²) in [6, 6.07) is 12.1. The van der Waals surface area contributed by atoms with Crippen LogP contribution in [0.2, 0.25) is 5.02 Å². The number of hydrogen-bond donors (Lipinski definition) is 0. The van der Waals surface area contributed by atoms with Gasteiger partial charge >= 0.3 is 0 Å². The van der Waals surface area contributed by atoms with E-state index in [2.05, 4.69) is 4.90 Å². The first-order chi connectivity index (χ1) is 15.4. The van der Waals surface area contributed by atoms with Gasteiger partial charge in [0.1, 0.15) is 0 Å². The number of sulfonamides is 1. The maximum Gasteiger partial charge on any atom is 0.243 e. The van der Waals surface area contributed by atoms with Gasteiger partial charge < -0.3 is 14.4 Å². The van der Waals surface area contributed by atoms with Gasteiger partial charge in [-0.3, -0.25) is 0 Å². The second-order valence-electron chi connectivity index (χ2n) is 7.33. The summed E-state index contributed by atoms with van der Waals surface area (Å²) in [7, 11) is -0.287. The van der Waals surface area contributed by atoms with Gasteiger partial charge in [-0.15, -0.1) is 11.3 Å². The Morgan fingerprint density at radius 2 is 1.69 bits per heavy atom. The molecule has 4 rings (SSSR count). The third-order valence-corrected chi connectivity index (χ3v) is 8.45. The van der Waals surface area contributed by atoms with Gasteiger partial charge in [-0.1, -0.05) is 17.7 Å². The van der Waals surface area contributed by atoms with Crippen LogP contribution in [0.1, 0.15) is 11.3 Å². The summed E-state index contributed by atoms with van der Waals surface area (Å²) < 4.78 is 37.9. The number of methoxy groups -OCH3 is 2. The standard InChI is InChI=1S/C22H24ClN3O4S2/c1-29-20-8-3-16(14-21(20)30-2)13-18-15-31-22(24-18)25-9-11-26(12-10-25)32(27,28)19-6-4-17(23)5-7-19/h3-8,14-15H,9-13H2,1-2H3. The topological polar surface area (TPSA) is 72.0 Å². The molecule has 0 unspecified atom stereocenters. The molecule has 10 heteroatoms. The summed E-state index contributed by atoms with van der Waals surface area (Å²) in [5.74, 6) is 1.39. The molecule has 1 saturated heterocycles. The minimum Gasteiger partial charge on any atom is -0.493 e. The number of thiazole rings is 1. The summed E-state index contributed by atoms with van der Waals surface area (Å²) in [6.45, 7) is 2.01. The second-order valence-corrected chi connectivity index (χ2v) is 10.5. The Balaban J connectivity index is 1.39. The summed E-state index contributed by atoms with van der Waals surface area (Å²) >= 11 is 7.46. The van der Waals surface area contributed by atoms with Gasteiger partial charge in [0.05, 0.1) is 24.8 Å². The van der Waals surface area contributed by atoms with Gasteiger partial charge in [0.25, 0.3) is 0 Å². The van der Waals surface area contributed by atoms with Crippen LogP contribution in [-0.4, -0.2) is 58.1 Å². The Kier molecular flexibility index (Phi) is 6.90. The van der Waals surface area contributed by atoms with Gasteiger partial charge in [-0.05, 0) is 42.0 Å². The first kappa shape index (κ1) is 22.8. The number of piperazine rings is 1. The van der Waals surface area contributed by atoms with Crippen molar-refractivity contribution in [3.05, 3.63) is 64.1 Å². The number of nitrogens with zero attached hydrogens (tertiary/aromatic N) is 3. The van der Waals surface area contributed by atoms with Crippen LogP contribution in [0.5, 0.6) is 11.5 Å². The highest BCUT2D eigenvalue weighted by atomic mass is 35.5.